The van der Waals surface area contributed by atoms with Crippen LogP contribution in [-0.4, -0.2) is 36.5 Å². The molecule has 4 N–H and O–H groups in total. The Morgan fingerprint density at radius 2 is 2.08 bits per heavy atom. The average molecular weight is 187 g/mol. The van der Waals surface area contributed by atoms with Crippen LogP contribution in [0, 0.1) is 0 Å². The lowest BCUT2D eigenvalue weighted by Gasteiger charge is -2.31. The van der Waals surface area contributed by atoms with Crippen LogP contribution in [0.5, 0.6) is 0 Å². The van der Waals surface area contributed by atoms with E-state index in [1.807, 2.05) is 7.05 Å². The van der Waals surface area contributed by atoms with Gasteiger partial charge in [-0.05, 0) is 20.4 Å². The third-order valence-corrected chi connectivity index (χ3v) is 2.57. The van der Waals surface area contributed by atoms with E-state index in [4.69, 9.17) is 11.5 Å². The van der Waals surface area contributed by atoms with Crippen molar-refractivity contribution in [2.75, 3.05) is 13.6 Å². The molecule has 0 radical (unpaired) electrons. The standard InChI is InChI=1S/C9H21N3O/c1-4-7(2)12(3)8(6-10)5-9(11)13/h7-8H,4-6,10H2,1-3H3,(H2,11,13). The Balaban J connectivity index is 4.13. The Morgan fingerprint density at radius 3 is 2.38 bits per heavy atom. The minimum absolute atomic E-state index is 0.0763. The lowest BCUT2D eigenvalue weighted by Crippen LogP contribution is -2.44. The van der Waals surface area contributed by atoms with Gasteiger partial charge in [0.1, 0.15) is 0 Å². The van der Waals surface area contributed by atoms with E-state index in [2.05, 4.69) is 18.7 Å². The average Bonchev–Trinajstić information content (AvgIpc) is 2.11. The van der Waals surface area contributed by atoms with Gasteiger partial charge in [-0.25, -0.2) is 0 Å². The summed E-state index contributed by atoms with van der Waals surface area (Å²) in [6, 6.07) is 0.514. The van der Waals surface area contributed by atoms with E-state index < -0.39 is 0 Å². The Morgan fingerprint density at radius 1 is 1.54 bits per heavy atom. The fraction of sp³-hybridized carbons (Fsp3) is 0.889. The molecule has 4 heteroatoms. The van der Waals surface area contributed by atoms with E-state index in [1.165, 1.54) is 0 Å². The second-order valence-electron chi connectivity index (χ2n) is 3.48. The molecular weight excluding hydrogens is 166 g/mol. The maximum atomic E-state index is 10.7. The summed E-state index contributed by atoms with van der Waals surface area (Å²) in [4.78, 5) is 12.8. The van der Waals surface area contributed by atoms with Crippen LogP contribution >= 0.6 is 0 Å². The van der Waals surface area contributed by atoms with Crippen molar-refractivity contribution in [1.29, 1.82) is 0 Å². The molecule has 2 unspecified atom stereocenters. The van der Waals surface area contributed by atoms with Crippen molar-refractivity contribution in [2.45, 2.75) is 38.8 Å². The van der Waals surface area contributed by atoms with Crippen LogP contribution in [0.25, 0.3) is 0 Å². The highest BCUT2D eigenvalue weighted by Crippen LogP contribution is 2.07. The molecule has 0 saturated heterocycles. The highest BCUT2D eigenvalue weighted by atomic mass is 16.1. The first-order valence-corrected chi connectivity index (χ1v) is 4.73. The van der Waals surface area contributed by atoms with Crippen LogP contribution < -0.4 is 11.5 Å². The minimum atomic E-state index is -0.286. The zero-order valence-electron chi connectivity index (χ0n) is 8.79. The summed E-state index contributed by atoms with van der Waals surface area (Å²) in [5.41, 5.74) is 10.7. The van der Waals surface area contributed by atoms with Gasteiger partial charge in [0.25, 0.3) is 0 Å². The summed E-state index contributed by atoms with van der Waals surface area (Å²) >= 11 is 0. The number of nitrogens with zero attached hydrogens (tertiary/aromatic N) is 1. The van der Waals surface area contributed by atoms with Crippen LogP contribution in [0.15, 0.2) is 0 Å². The van der Waals surface area contributed by atoms with Gasteiger partial charge in [0.2, 0.25) is 5.91 Å². The number of primary amides is 1. The van der Waals surface area contributed by atoms with Gasteiger partial charge in [-0.1, -0.05) is 6.92 Å². The number of carbonyl (C=O) groups excluding carboxylic acids is 1. The fourth-order valence-electron chi connectivity index (χ4n) is 1.27. The Bertz CT molecular complexity index is 161. The van der Waals surface area contributed by atoms with Gasteiger partial charge in [-0.15, -0.1) is 0 Å². The smallest absolute Gasteiger partial charge is 0.219 e. The van der Waals surface area contributed by atoms with Gasteiger partial charge in [0.15, 0.2) is 0 Å². The second-order valence-corrected chi connectivity index (χ2v) is 3.48. The van der Waals surface area contributed by atoms with Crippen molar-refractivity contribution < 1.29 is 4.79 Å². The van der Waals surface area contributed by atoms with Crippen molar-refractivity contribution in [3.8, 4) is 0 Å². The summed E-state index contributed by atoms with van der Waals surface area (Å²) in [5, 5.41) is 0. The molecule has 78 valence electrons. The van der Waals surface area contributed by atoms with Gasteiger partial charge in [0, 0.05) is 25.0 Å². The summed E-state index contributed by atoms with van der Waals surface area (Å²) in [6.45, 7) is 4.70. The molecule has 0 rings (SSSR count). The molecular formula is C9H21N3O. The van der Waals surface area contributed by atoms with Crippen LogP contribution in [0.1, 0.15) is 26.7 Å². The van der Waals surface area contributed by atoms with E-state index in [9.17, 15) is 4.79 Å². The summed E-state index contributed by atoms with van der Waals surface area (Å²) in [6.07, 6.45) is 1.39. The Labute approximate surface area is 80.3 Å². The summed E-state index contributed by atoms with van der Waals surface area (Å²) in [7, 11) is 1.98. The zero-order chi connectivity index (χ0) is 10.4. The number of rotatable bonds is 6. The monoisotopic (exact) mass is 187 g/mol. The van der Waals surface area contributed by atoms with Crippen LogP contribution in [0.3, 0.4) is 0 Å². The van der Waals surface area contributed by atoms with E-state index in [0.717, 1.165) is 6.42 Å². The van der Waals surface area contributed by atoms with E-state index in [0.29, 0.717) is 19.0 Å². The maximum Gasteiger partial charge on any atom is 0.219 e. The third kappa shape index (κ3) is 4.24. The van der Waals surface area contributed by atoms with Crippen LogP contribution in [0.2, 0.25) is 0 Å². The number of hydrogen-bond donors (Lipinski definition) is 2. The van der Waals surface area contributed by atoms with Crippen molar-refractivity contribution in [2.24, 2.45) is 11.5 Å². The predicted molar refractivity (Wildman–Crippen MR) is 54.2 cm³/mol. The van der Waals surface area contributed by atoms with Gasteiger partial charge < -0.3 is 11.5 Å². The van der Waals surface area contributed by atoms with Gasteiger partial charge in [-0.3, -0.25) is 9.69 Å². The molecule has 0 aromatic rings. The largest absolute Gasteiger partial charge is 0.370 e. The van der Waals surface area contributed by atoms with Crippen molar-refractivity contribution in [1.82, 2.24) is 4.90 Å². The molecule has 0 aliphatic carbocycles. The van der Waals surface area contributed by atoms with Gasteiger partial charge >= 0.3 is 0 Å². The molecule has 0 fully saturated rings. The lowest BCUT2D eigenvalue weighted by atomic mass is 10.1. The molecule has 13 heavy (non-hydrogen) atoms. The first-order chi connectivity index (χ1) is 6.02. The molecule has 0 aliphatic heterocycles. The number of nitrogens with two attached hydrogens (primary N) is 2. The second kappa shape index (κ2) is 5.94. The summed E-state index contributed by atoms with van der Waals surface area (Å²) in [5.74, 6) is -0.286. The van der Waals surface area contributed by atoms with Crippen LogP contribution in [0.4, 0.5) is 0 Å². The quantitative estimate of drug-likeness (QED) is 0.611. The number of amides is 1. The highest BCUT2D eigenvalue weighted by Gasteiger charge is 2.18. The highest BCUT2D eigenvalue weighted by molar-refractivity contribution is 5.74. The number of hydrogen-bond acceptors (Lipinski definition) is 3. The van der Waals surface area contributed by atoms with Crippen molar-refractivity contribution in [3.05, 3.63) is 0 Å². The predicted octanol–water partition coefficient (Wildman–Crippen LogP) is -0.0806. The number of likely N-dealkylation sites (N-methyl/N-ethyl adjacent to an activating group) is 1. The van der Waals surface area contributed by atoms with E-state index >= 15 is 0 Å². The molecule has 0 aliphatic rings. The maximum absolute atomic E-state index is 10.7. The van der Waals surface area contributed by atoms with E-state index in [-0.39, 0.29) is 11.9 Å². The summed E-state index contributed by atoms with van der Waals surface area (Å²) < 4.78 is 0. The SMILES string of the molecule is CCC(C)N(C)C(CN)CC(N)=O. The molecule has 0 spiro atoms. The normalized spacial score (nSPS) is 15.8. The zero-order valence-corrected chi connectivity index (χ0v) is 8.79. The van der Waals surface area contributed by atoms with Gasteiger partial charge in [-0.2, -0.15) is 0 Å². The molecule has 4 nitrogen and oxygen atoms in total. The molecule has 0 heterocycles. The van der Waals surface area contributed by atoms with E-state index in [1.54, 1.807) is 0 Å². The minimum Gasteiger partial charge on any atom is -0.370 e. The number of carbonyl (C=O) groups is 1. The molecule has 0 aromatic heterocycles. The van der Waals surface area contributed by atoms with Crippen molar-refractivity contribution in [3.63, 3.8) is 0 Å². The Hall–Kier alpha value is -0.610. The lowest BCUT2D eigenvalue weighted by molar-refractivity contribution is -0.119. The first kappa shape index (κ1) is 12.4. The molecule has 1 amide bonds. The topological polar surface area (TPSA) is 72.3 Å². The third-order valence-electron chi connectivity index (χ3n) is 2.57. The Kier molecular flexibility index (Phi) is 5.66. The molecule has 0 aromatic carbocycles. The van der Waals surface area contributed by atoms with Gasteiger partial charge in [0.05, 0.1) is 0 Å². The molecule has 0 bridgehead atoms. The molecule has 0 saturated carbocycles. The molecule has 2 atom stereocenters. The fourth-order valence-corrected chi connectivity index (χ4v) is 1.27. The van der Waals surface area contributed by atoms with Crippen LogP contribution in [-0.2, 0) is 4.79 Å². The van der Waals surface area contributed by atoms with Crippen molar-refractivity contribution >= 4 is 5.91 Å². The first-order valence-electron chi connectivity index (χ1n) is 4.73.